The second kappa shape index (κ2) is 13.4. The van der Waals surface area contributed by atoms with E-state index in [0.29, 0.717) is 0 Å². The first-order valence-corrected chi connectivity index (χ1v) is 12.3. The molecule has 0 aliphatic rings. The summed E-state index contributed by atoms with van der Waals surface area (Å²) < 4.78 is 29.1. The topological polar surface area (TPSA) is 0 Å². The van der Waals surface area contributed by atoms with Crippen molar-refractivity contribution in [3.8, 4) is 23.7 Å². The van der Waals surface area contributed by atoms with Crippen molar-refractivity contribution in [3.05, 3.63) is 106 Å². The zero-order valence-corrected chi connectivity index (χ0v) is 20.2. The normalized spacial score (nSPS) is 10.2. The van der Waals surface area contributed by atoms with Crippen molar-refractivity contribution in [2.45, 2.75) is 65.2 Å². The molecule has 0 aliphatic carbocycles. The van der Waals surface area contributed by atoms with Gasteiger partial charge in [-0.15, -0.1) is 0 Å². The maximum Gasteiger partial charge on any atom is 0.140 e. The molecule has 0 radical (unpaired) electrons. The van der Waals surface area contributed by atoms with Crippen molar-refractivity contribution in [2.75, 3.05) is 0 Å². The Kier molecular flexibility index (Phi) is 9.94. The van der Waals surface area contributed by atoms with Gasteiger partial charge in [-0.05, 0) is 73.2 Å². The SMILES string of the molecule is CCCCCc1ccc(C#Cc2cc(F)c(C#Cc3ccc(CCCCC)cc3)cc2F)cc1. The fourth-order valence-corrected chi connectivity index (χ4v) is 3.69. The maximum atomic E-state index is 14.6. The van der Waals surface area contributed by atoms with E-state index in [2.05, 4.69) is 37.5 Å². The first-order valence-electron chi connectivity index (χ1n) is 12.3. The smallest absolute Gasteiger partial charge is 0.140 e. The highest BCUT2D eigenvalue weighted by Crippen LogP contribution is 2.15. The van der Waals surface area contributed by atoms with Crippen molar-refractivity contribution in [3.63, 3.8) is 0 Å². The van der Waals surface area contributed by atoms with Gasteiger partial charge in [-0.25, -0.2) is 8.78 Å². The van der Waals surface area contributed by atoms with E-state index in [1.165, 1.54) is 49.7 Å². The molecule has 0 atom stereocenters. The standard InChI is InChI=1S/C32H32F2/c1-3-5-7-9-25-11-15-27(16-12-25)19-21-29-23-32(34)30(24-31(29)33)22-20-28-17-13-26(14-18-28)10-8-6-4-2/h11-18,23-24H,3-10H2,1-2H3. The highest BCUT2D eigenvalue weighted by Gasteiger charge is 2.07. The van der Waals surface area contributed by atoms with Gasteiger partial charge in [-0.3, -0.25) is 0 Å². The number of rotatable bonds is 8. The summed E-state index contributed by atoms with van der Waals surface area (Å²) in [6, 6.07) is 18.2. The molecule has 0 saturated carbocycles. The molecular formula is C32H32F2. The minimum atomic E-state index is -0.569. The molecule has 3 aromatic rings. The highest BCUT2D eigenvalue weighted by molar-refractivity contribution is 5.49. The van der Waals surface area contributed by atoms with E-state index in [-0.39, 0.29) is 11.1 Å². The molecule has 0 heterocycles. The molecule has 0 bridgehead atoms. The van der Waals surface area contributed by atoms with Gasteiger partial charge < -0.3 is 0 Å². The second-order valence-electron chi connectivity index (χ2n) is 8.62. The maximum absolute atomic E-state index is 14.6. The van der Waals surface area contributed by atoms with Crippen molar-refractivity contribution in [1.82, 2.24) is 0 Å². The fraction of sp³-hybridized carbons (Fsp3) is 0.312. The molecule has 0 unspecified atom stereocenters. The molecule has 2 heteroatoms. The van der Waals surface area contributed by atoms with Gasteiger partial charge in [0.2, 0.25) is 0 Å². The van der Waals surface area contributed by atoms with Gasteiger partial charge in [-0.1, -0.05) is 87.5 Å². The Morgan fingerprint density at radius 1 is 0.529 bits per heavy atom. The molecule has 0 spiro atoms. The average Bonchev–Trinajstić information content (AvgIpc) is 2.85. The molecule has 0 aromatic heterocycles. The molecule has 3 aromatic carbocycles. The summed E-state index contributed by atoms with van der Waals surface area (Å²) in [6.45, 7) is 4.38. The van der Waals surface area contributed by atoms with Crippen LogP contribution >= 0.6 is 0 Å². The lowest BCUT2D eigenvalue weighted by Gasteiger charge is -2.01. The minimum Gasteiger partial charge on any atom is -0.206 e. The lowest BCUT2D eigenvalue weighted by Crippen LogP contribution is -1.92. The Balaban J connectivity index is 1.67. The van der Waals surface area contributed by atoms with Gasteiger partial charge >= 0.3 is 0 Å². The van der Waals surface area contributed by atoms with Crippen LogP contribution in [0.15, 0.2) is 60.7 Å². The summed E-state index contributed by atoms with van der Waals surface area (Å²) >= 11 is 0. The number of hydrogen-bond acceptors (Lipinski definition) is 0. The molecular weight excluding hydrogens is 422 g/mol. The van der Waals surface area contributed by atoms with E-state index >= 15 is 0 Å². The zero-order chi connectivity index (χ0) is 24.2. The predicted molar refractivity (Wildman–Crippen MR) is 138 cm³/mol. The molecule has 3 rings (SSSR count). The highest BCUT2D eigenvalue weighted by atomic mass is 19.1. The van der Waals surface area contributed by atoms with Gasteiger partial charge in [0.1, 0.15) is 11.6 Å². The Morgan fingerprint density at radius 3 is 1.26 bits per heavy atom. The largest absolute Gasteiger partial charge is 0.206 e. The molecule has 0 aliphatic heterocycles. The van der Waals surface area contributed by atoms with Crippen LogP contribution in [-0.4, -0.2) is 0 Å². The van der Waals surface area contributed by atoms with Crippen molar-refractivity contribution in [2.24, 2.45) is 0 Å². The lowest BCUT2D eigenvalue weighted by atomic mass is 10.0. The third-order valence-electron chi connectivity index (χ3n) is 5.79. The average molecular weight is 455 g/mol. The first kappa shape index (κ1) is 25.3. The molecule has 0 saturated heterocycles. The number of benzene rings is 3. The van der Waals surface area contributed by atoms with E-state index in [9.17, 15) is 8.78 Å². The van der Waals surface area contributed by atoms with Crippen LogP contribution < -0.4 is 0 Å². The summed E-state index contributed by atoms with van der Waals surface area (Å²) in [5, 5.41) is 0. The molecule has 0 amide bonds. The fourth-order valence-electron chi connectivity index (χ4n) is 3.69. The van der Waals surface area contributed by atoms with Crippen LogP contribution in [0, 0.1) is 35.3 Å². The molecule has 0 nitrogen and oxygen atoms in total. The minimum absolute atomic E-state index is 0.0338. The van der Waals surface area contributed by atoms with Gasteiger partial charge in [-0.2, -0.15) is 0 Å². The van der Waals surface area contributed by atoms with Crippen LogP contribution in [0.2, 0.25) is 0 Å². The van der Waals surface area contributed by atoms with Crippen molar-refractivity contribution in [1.29, 1.82) is 0 Å². The Labute approximate surface area is 203 Å². The molecule has 34 heavy (non-hydrogen) atoms. The summed E-state index contributed by atoms with van der Waals surface area (Å²) in [6.07, 6.45) is 9.28. The third-order valence-corrected chi connectivity index (χ3v) is 5.79. The van der Waals surface area contributed by atoms with Gasteiger partial charge in [0.15, 0.2) is 0 Å². The first-order chi connectivity index (χ1) is 16.6. The Bertz CT molecular complexity index is 1080. The summed E-state index contributed by atoms with van der Waals surface area (Å²) in [4.78, 5) is 0. The van der Waals surface area contributed by atoms with Crippen LogP contribution in [0.3, 0.4) is 0 Å². The number of halogens is 2. The van der Waals surface area contributed by atoms with Crippen LogP contribution in [0.5, 0.6) is 0 Å². The molecule has 0 N–H and O–H groups in total. The van der Waals surface area contributed by atoms with E-state index in [4.69, 9.17) is 0 Å². The molecule has 174 valence electrons. The van der Waals surface area contributed by atoms with Gasteiger partial charge in [0, 0.05) is 11.1 Å². The number of hydrogen-bond donors (Lipinski definition) is 0. The van der Waals surface area contributed by atoms with E-state index in [1.54, 1.807) is 0 Å². The van der Waals surface area contributed by atoms with E-state index in [1.807, 2.05) is 48.5 Å². The van der Waals surface area contributed by atoms with Gasteiger partial charge in [0.05, 0.1) is 11.1 Å². The Hall–Kier alpha value is -3.36. The predicted octanol–water partition coefficient (Wildman–Crippen LogP) is 8.23. The summed E-state index contributed by atoms with van der Waals surface area (Å²) in [7, 11) is 0. The zero-order valence-electron chi connectivity index (χ0n) is 20.2. The lowest BCUT2D eigenvalue weighted by molar-refractivity contribution is 0.594. The quantitative estimate of drug-likeness (QED) is 0.237. The summed E-state index contributed by atoms with van der Waals surface area (Å²) in [5.74, 6) is 10.2. The number of unbranched alkanes of at least 4 members (excludes halogenated alkanes) is 4. The summed E-state index contributed by atoms with van der Waals surface area (Å²) in [5.41, 5.74) is 4.16. The van der Waals surface area contributed by atoms with Crippen LogP contribution in [-0.2, 0) is 12.8 Å². The van der Waals surface area contributed by atoms with Crippen LogP contribution in [0.25, 0.3) is 0 Å². The Morgan fingerprint density at radius 2 is 0.912 bits per heavy atom. The number of aryl methyl sites for hydroxylation is 2. The van der Waals surface area contributed by atoms with Crippen LogP contribution in [0.4, 0.5) is 8.78 Å². The van der Waals surface area contributed by atoms with Gasteiger partial charge in [0.25, 0.3) is 0 Å². The van der Waals surface area contributed by atoms with E-state index in [0.717, 1.165) is 36.1 Å². The van der Waals surface area contributed by atoms with Crippen molar-refractivity contribution >= 4 is 0 Å². The van der Waals surface area contributed by atoms with Crippen molar-refractivity contribution < 1.29 is 8.78 Å². The molecule has 0 fully saturated rings. The van der Waals surface area contributed by atoms with Crippen LogP contribution in [0.1, 0.15) is 85.8 Å². The third kappa shape index (κ3) is 7.90. The monoisotopic (exact) mass is 454 g/mol. The van der Waals surface area contributed by atoms with E-state index < -0.39 is 11.6 Å². The second-order valence-corrected chi connectivity index (χ2v) is 8.62.